The van der Waals surface area contributed by atoms with Crippen molar-refractivity contribution in [2.24, 2.45) is 5.92 Å². The maximum Gasteiger partial charge on any atom is 0.222 e. The van der Waals surface area contributed by atoms with Crippen molar-refractivity contribution in [2.45, 2.75) is 69.6 Å². The van der Waals surface area contributed by atoms with Crippen molar-refractivity contribution < 1.29 is 4.79 Å². The molecule has 3 aliphatic rings. The van der Waals surface area contributed by atoms with Gasteiger partial charge in [0.15, 0.2) is 0 Å². The monoisotopic (exact) mass is 301 g/mol. The number of amides is 1. The number of piperidine rings is 1. The smallest absolute Gasteiger partial charge is 0.222 e. The van der Waals surface area contributed by atoms with Gasteiger partial charge in [0.1, 0.15) is 0 Å². The molecule has 1 saturated heterocycles. The maximum atomic E-state index is 12.8. The van der Waals surface area contributed by atoms with Crippen LogP contribution < -0.4 is 0 Å². The molecule has 0 radical (unpaired) electrons. The van der Waals surface area contributed by atoms with E-state index in [1.165, 1.54) is 56.2 Å². The summed E-state index contributed by atoms with van der Waals surface area (Å²) >= 11 is 0. The minimum absolute atomic E-state index is 0.173. The van der Waals surface area contributed by atoms with Gasteiger partial charge in [0.05, 0.1) is 6.20 Å². The molecule has 1 N–H and O–H groups in total. The molecule has 2 fully saturated rings. The maximum absolute atomic E-state index is 12.8. The molecule has 1 atom stereocenters. The summed E-state index contributed by atoms with van der Waals surface area (Å²) in [5.74, 6) is 1.05. The van der Waals surface area contributed by atoms with Crippen LogP contribution in [-0.2, 0) is 16.6 Å². The molecule has 120 valence electrons. The number of aromatic amines is 1. The molecule has 4 nitrogen and oxygen atoms in total. The van der Waals surface area contributed by atoms with E-state index in [4.69, 9.17) is 0 Å². The number of carbonyl (C=O) groups is 1. The summed E-state index contributed by atoms with van der Waals surface area (Å²) in [6.07, 6.45) is 13.9. The molecule has 2 aliphatic carbocycles. The van der Waals surface area contributed by atoms with Crippen LogP contribution in [0.15, 0.2) is 6.20 Å². The Labute approximate surface area is 132 Å². The summed E-state index contributed by atoms with van der Waals surface area (Å²) < 4.78 is 0. The summed E-state index contributed by atoms with van der Waals surface area (Å²) in [7, 11) is 0. The van der Waals surface area contributed by atoms with Crippen molar-refractivity contribution in [1.82, 2.24) is 15.1 Å². The lowest BCUT2D eigenvalue weighted by atomic mass is 9.77. The van der Waals surface area contributed by atoms with E-state index in [1.54, 1.807) is 0 Å². The fourth-order valence-corrected chi connectivity index (χ4v) is 4.98. The molecule has 1 aliphatic heterocycles. The van der Waals surface area contributed by atoms with Crippen molar-refractivity contribution in [3.05, 3.63) is 17.5 Å². The highest BCUT2D eigenvalue weighted by Crippen LogP contribution is 2.44. The molecule has 0 bridgehead atoms. The van der Waals surface area contributed by atoms with Crippen molar-refractivity contribution >= 4 is 5.91 Å². The van der Waals surface area contributed by atoms with E-state index in [-0.39, 0.29) is 5.41 Å². The van der Waals surface area contributed by atoms with E-state index in [2.05, 4.69) is 15.1 Å². The van der Waals surface area contributed by atoms with Gasteiger partial charge >= 0.3 is 0 Å². The zero-order valence-electron chi connectivity index (χ0n) is 13.4. The Morgan fingerprint density at radius 2 is 2.14 bits per heavy atom. The largest absolute Gasteiger partial charge is 0.342 e. The summed E-state index contributed by atoms with van der Waals surface area (Å²) in [5, 5.41) is 7.46. The number of aryl methyl sites for hydroxylation is 1. The van der Waals surface area contributed by atoms with E-state index in [1.807, 2.05) is 6.20 Å². The first kappa shape index (κ1) is 14.3. The Bertz CT molecular complexity index is 546. The van der Waals surface area contributed by atoms with Gasteiger partial charge < -0.3 is 4.90 Å². The molecule has 1 aromatic rings. The summed E-state index contributed by atoms with van der Waals surface area (Å²) in [4.78, 5) is 14.9. The first-order chi connectivity index (χ1) is 10.8. The molecular weight excluding hydrogens is 274 g/mol. The molecular formula is C18H27N3O. The first-order valence-corrected chi connectivity index (χ1v) is 9.07. The number of likely N-dealkylation sites (tertiary alicyclic amines) is 1. The van der Waals surface area contributed by atoms with Crippen LogP contribution in [0.3, 0.4) is 0 Å². The van der Waals surface area contributed by atoms with Crippen LogP contribution >= 0.6 is 0 Å². The second-order valence-electron chi connectivity index (χ2n) is 7.68. The van der Waals surface area contributed by atoms with Gasteiger partial charge in [0, 0.05) is 30.6 Å². The minimum atomic E-state index is 0.173. The van der Waals surface area contributed by atoms with E-state index < -0.39 is 0 Å². The highest BCUT2D eigenvalue weighted by atomic mass is 16.2. The number of hydrogen-bond acceptors (Lipinski definition) is 2. The Balaban J connectivity index is 1.44. The molecule has 1 aromatic heterocycles. The molecule has 4 heteroatoms. The van der Waals surface area contributed by atoms with Gasteiger partial charge in [-0.3, -0.25) is 9.89 Å². The summed E-state index contributed by atoms with van der Waals surface area (Å²) in [6.45, 7) is 1.87. The lowest BCUT2D eigenvalue weighted by Gasteiger charge is -2.41. The van der Waals surface area contributed by atoms with Gasteiger partial charge in [-0.15, -0.1) is 0 Å². The SMILES string of the molecule is O=C(CC1CCCCC1)N1CCCC2(CCc3cn[nH]c32)C1. The third kappa shape index (κ3) is 2.46. The van der Waals surface area contributed by atoms with E-state index in [0.29, 0.717) is 11.8 Å². The highest BCUT2D eigenvalue weighted by molar-refractivity contribution is 5.76. The molecule has 4 rings (SSSR count). The predicted octanol–water partition coefficient (Wildman–Crippen LogP) is 3.19. The Morgan fingerprint density at radius 1 is 1.27 bits per heavy atom. The summed E-state index contributed by atoms with van der Waals surface area (Å²) in [5.41, 5.74) is 2.87. The van der Waals surface area contributed by atoms with Crippen LogP contribution in [0.4, 0.5) is 0 Å². The molecule has 1 spiro atoms. The standard InChI is InChI=1S/C18H27N3O/c22-16(11-14-5-2-1-3-6-14)21-10-4-8-18(13-21)9-7-15-12-19-20-17(15)18/h12,14H,1-11,13H2,(H,19,20). The van der Waals surface area contributed by atoms with Crippen LogP contribution in [0.1, 0.15) is 69.0 Å². The van der Waals surface area contributed by atoms with Crippen molar-refractivity contribution in [3.8, 4) is 0 Å². The summed E-state index contributed by atoms with van der Waals surface area (Å²) in [6, 6.07) is 0. The molecule has 0 aromatic carbocycles. The molecule has 1 unspecified atom stereocenters. The fraction of sp³-hybridized carbons (Fsp3) is 0.778. The normalized spacial score (nSPS) is 29.0. The lowest BCUT2D eigenvalue weighted by molar-refractivity contribution is -0.134. The number of nitrogens with one attached hydrogen (secondary N) is 1. The number of nitrogens with zero attached hydrogens (tertiary/aromatic N) is 2. The van der Waals surface area contributed by atoms with Crippen LogP contribution in [0.5, 0.6) is 0 Å². The number of carbonyl (C=O) groups excluding carboxylic acids is 1. The highest BCUT2D eigenvalue weighted by Gasteiger charge is 2.44. The van der Waals surface area contributed by atoms with Crippen molar-refractivity contribution in [2.75, 3.05) is 13.1 Å². The Kier molecular flexibility index (Phi) is 3.71. The average molecular weight is 301 g/mol. The number of rotatable bonds is 2. The van der Waals surface area contributed by atoms with Crippen LogP contribution in [0.2, 0.25) is 0 Å². The van der Waals surface area contributed by atoms with Crippen LogP contribution in [0, 0.1) is 5.92 Å². The van der Waals surface area contributed by atoms with Gasteiger partial charge in [-0.25, -0.2) is 0 Å². The Hall–Kier alpha value is -1.32. The second-order valence-corrected chi connectivity index (χ2v) is 7.68. The number of H-pyrrole nitrogens is 1. The topological polar surface area (TPSA) is 49.0 Å². The van der Waals surface area contributed by atoms with Crippen molar-refractivity contribution in [3.63, 3.8) is 0 Å². The zero-order valence-corrected chi connectivity index (χ0v) is 13.4. The fourth-order valence-electron chi connectivity index (χ4n) is 4.98. The van der Waals surface area contributed by atoms with E-state index in [0.717, 1.165) is 32.4 Å². The van der Waals surface area contributed by atoms with Gasteiger partial charge in [-0.05, 0) is 50.0 Å². The molecule has 1 saturated carbocycles. The minimum Gasteiger partial charge on any atom is -0.342 e. The second kappa shape index (κ2) is 5.71. The number of hydrogen-bond donors (Lipinski definition) is 1. The number of aromatic nitrogens is 2. The zero-order chi connectivity index (χ0) is 15.0. The number of fused-ring (bicyclic) bond motifs is 2. The third-order valence-electron chi connectivity index (χ3n) is 6.24. The van der Waals surface area contributed by atoms with Crippen LogP contribution in [0.25, 0.3) is 0 Å². The van der Waals surface area contributed by atoms with E-state index >= 15 is 0 Å². The lowest BCUT2D eigenvalue weighted by Crippen LogP contribution is -2.48. The predicted molar refractivity (Wildman–Crippen MR) is 85.6 cm³/mol. The van der Waals surface area contributed by atoms with Gasteiger partial charge in [0.25, 0.3) is 0 Å². The molecule has 1 amide bonds. The van der Waals surface area contributed by atoms with E-state index in [9.17, 15) is 4.79 Å². The van der Waals surface area contributed by atoms with Crippen LogP contribution in [-0.4, -0.2) is 34.1 Å². The van der Waals surface area contributed by atoms with Gasteiger partial charge in [-0.1, -0.05) is 19.3 Å². The van der Waals surface area contributed by atoms with Gasteiger partial charge in [-0.2, -0.15) is 5.10 Å². The third-order valence-corrected chi connectivity index (χ3v) is 6.24. The van der Waals surface area contributed by atoms with Gasteiger partial charge in [0.2, 0.25) is 5.91 Å². The Morgan fingerprint density at radius 3 is 3.00 bits per heavy atom. The molecule has 2 heterocycles. The first-order valence-electron chi connectivity index (χ1n) is 9.07. The van der Waals surface area contributed by atoms with Crippen molar-refractivity contribution in [1.29, 1.82) is 0 Å². The quantitative estimate of drug-likeness (QED) is 0.912. The molecule has 22 heavy (non-hydrogen) atoms. The average Bonchev–Trinajstić information content (AvgIpc) is 3.14.